The summed E-state index contributed by atoms with van der Waals surface area (Å²) in [4.78, 5) is 0.408. The second-order valence-electron chi connectivity index (χ2n) is 5.50. The summed E-state index contributed by atoms with van der Waals surface area (Å²) in [5.41, 5.74) is 1.25. The molecule has 0 aromatic heterocycles. The highest BCUT2D eigenvalue weighted by atomic mass is 79.9. The van der Waals surface area contributed by atoms with Gasteiger partial charge in [0.15, 0.2) is 0 Å². The van der Waals surface area contributed by atoms with Crippen molar-refractivity contribution in [2.24, 2.45) is 17.8 Å². The van der Waals surface area contributed by atoms with Gasteiger partial charge in [0.1, 0.15) is 11.5 Å². The van der Waals surface area contributed by atoms with Crippen LogP contribution >= 0.6 is 15.9 Å². The summed E-state index contributed by atoms with van der Waals surface area (Å²) in [7, 11) is 3.41. The van der Waals surface area contributed by atoms with Gasteiger partial charge >= 0.3 is 0 Å². The van der Waals surface area contributed by atoms with Gasteiger partial charge in [-0.2, -0.15) is 0 Å². The molecule has 3 heteroatoms. The van der Waals surface area contributed by atoms with Crippen molar-refractivity contribution in [2.75, 3.05) is 14.2 Å². The zero-order chi connectivity index (χ0) is 12.7. The van der Waals surface area contributed by atoms with E-state index in [1.165, 1.54) is 24.8 Å². The predicted molar refractivity (Wildman–Crippen MR) is 75.5 cm³/mol. The lowest BCUT2D eigenvalue weighted by Gasteiger charge is -2.21. The first-order valence-electron chi connectivity index (χ1n) is 6.59. The van der Waals surface area contributed by atoms with E-state index in [0.29, 0.717) is 4.83 Å². The van der Waals surface area contributed by atoms with Crippen LogP contribution in [-0.4, -0.2) is 14.2 Å². The second-order valence-corrected chi connectivity index (χ2v) is 6.48. The van der Waals surface area contributed by atoms with E-state index in [2.05, 4.69) is 22.0 Å². The second kappa shape index (κ2) is 4.76. The van der Waals surface area contributed by atoms with Gasteiger partial charge in [0.2, 0.25) is 0 Å². The van der Waals surface area contributed by atoms with Gasteiger partial charge in [-0.3, -0.25) is 0 Å². The lowest BCUT2D eigenvalue weighted by Crippen LogP contribution is -2.07. The van der Waals surface area contributed by atoms with Crippen molar-refractivity contribution >= 4 is 15.9 Å². The Bertz CT molecular complexity index is 436. The van der Waals surface area contributed by atoms with Crippen LogP contribution in [0.5, 0.6) is 11.5 Å². The van der Waals surface area contributed by atoms with E-state index in [-0.39, 0.29) is 0 Å². The maximum atomic E-state index is 5.50. The molecule has 0 aliphatic heterocycles. The highest BCUT2D eigenvalue weighted by Gasteiger charge is 2.47. The van der Waals surface area contributed by atoms with Crippen LogP contribution in [0.1, 0.15) is 29.7 Å². The summed E-state index contributed by atoms with van der Waals surface area (Å²) in [5.74, 6) is 4.57. The highest BCUT2D eigenvalue weighted by molar-refractivity contribution is 9.09. The first-order chi connectivity index (χ1) is 8.72. The molecule has 3 rings (SSSR count). The van der Waals surface area contributed by atoms with Gasteiger partial charge in [-0.05, 0) is 43.1 Å². The van der Waals surface area contributed by atoms with Crippen molar-refractivity contribution < 1.29 is 9.47 Å². The number of hydrogen-bond acceptors (Lipinski definition) is 2. The SMILES string of the molecule is COc1ccc(C(Br)C2CC3CC3C2)c(OC)c1. The van der Waals surface area contributed by atoms with Crippen molar-refractivity contribution in [1.82, 2.24) is 0 Å². The Hall–Kier alpha value is -0.700. The first kappa shape index (κ1) is 12.3. The fourth-order valence-electron chi connectivity index (χ4n) is 3.30. The van der Waals surface area contributed by atoms with Crippen molar-refractivity contribution in [3.63, 3.8) is 0 Å². The average molecular weight is 311 g/mol. The predicted octanol–water partition coefficient (Wildman–Crippen LogP) is 4.19. The van der Waals surface area contributed by atoms with Gasteiger partial charge in [0.25, 0.3) is 0 Å². The van der Waals surface area contributed by atoms with Gasteiger partial charge in [0, 0.05) is 16.5 Å². The molecule has 1 aromatic carbocycles. The molecule has 0 spiro atoms. The topological polar surface area (TPSA) is 18.5 Å². The van der Waals surface area contributed by atoms with Crippen LogP contribution in [0.25, 0.3) is 0 Å². The van der Waals surface area contributed by atoms with Gasteiger partial charge in [0.05, 0.1) is 14.2 Å². The summed E-state index contributed by atoms with van der Waals surface area (Å²) >= 11 is 3.88. The lowest BCUT2D eigenvalue weighted by atomic mass is 9.94. The minimum absolute atomic E-state index is 0.408. The molecule has 0 amide bonds. The summed E-state index contributed by atoms with van der Waals surface area (Å²) in [6.45, 7) is 0. The fourth-order valence-corrected chi connectivity index (χ4v) is 4.11. The number of benzene rings is 1. The Balaban J connectivity index is 1.81. The Morgan fingerprint density at radius 1 is 1.11 bits per heavy atom. The smallest absolute Gasteiger partial charge is 0.126 e. The van der Waals surface area contributed by atoms with Crippen molar-refractivity contribution in [3.8, 4) is 11.5 Å². The molecule has 0 N–H and O–H groups in total. The summed E-state index contributed by atoms with van der Waals surface area (Å²) in [6.07, 6.45) is 4.21. The normalized spacial score (nSPS) is 30.7. The summed E-state index contributed by atoms with van der Waals surface area (Å²) in [6, 6.07) is 6.11. The van der Waals surface area contributed by atoms with Gasteiger partial charge in [-0.15, -0.1) is 0 Å². The average Bonchev–Trinajstić information content (AvgIpc) is 3.03. The number of ether oxygens (including phenoxy) is 2. The van der Waals surface area contributed by atoms with E-state index >= 15 is 0 Å². The standard InChI is InChI=1S/C15H19BrO2/c1-17-12-3-4-13(14(8-12)18-2)15(16)11-6-9-5-10(9)7-11/h3-4,8-11,15H,5-7H2,1-2H3. The number of fused-ring (bicyclic) bond motifs is 1. The van der Waals surface area contributed by atoms with E-state index in [4.69, 9.17) is 9.47 Å². The van der Waals surface area contributed by atoms with Crippen LogP contribution in [0.15, 0.2) is 18.2 Å². The maximum Gasteiger partial charge on any atom is 0.126 e. The van der Waals surface area contributed by atoms with E-state index in [1.807, 2.05) is 12.1 Å². The van der Waals surface area contributed by atoms with Crippen LogP contribution in [0.3, 0.4) is 0 Å². The zero-order valence-corrected chi connectivity index (χ0v) is 12.4. The molecule has 0 saturated heterocycles. The summed E-state index contributed by atoms with van der Waals surface area (Å²) < 4.78 is 10.7. The van der Waals surface area contributed by atoms with Crippen LogP contribution in [0, 0.1) is 17.8 Å². The molecule has 0 radical (unpaired) electrons. The van der Waals surface area contributed by atoms with E-state index in [0.717, 1.165) is 29.3 Å². The molecule has 2 aliphatic carbocycles. The van der Waals surface area contributed by atoms with Crippen molar-refractivity contribution in [3.05, 3.63) is 23.8 Å². The number of methoxy groups -OCH3 is 2. The molecule has 0 bridgehead atoms. The minimum Gasteiger partial charge on any atom is -0.497 e. The fraction of sp³-hybridized carbons (Fsp3) is 0.600. The van der Waals surface area contributed by atoms with Gasteiger partial charge < -0.3 is 9.47 Å². The number of alkyl halides is 1. The molecule has 18 heavy (non-hydrogen) atoms. The summed E-state index contributed by atoms with van der Waals surface area (Å²) in [5, 5.41) is 0. The molecule has 2 saturated carbocycles. The first-order valence-corrected chi connectivity index (χ1v) is 7.50. The Kier molecular flexibility index (Phi) is 3.27. The highest BCUT2D eigenvalue weighted by Crippen LogP contribution is 2.59. The number of rotatable bonds is 4. The van der Waals surface area contributed by atoms with Crippen LogP contribution in [0.2, 0.25) is 0 Å². The largest absolute Gasteiger partial charge is 0.497 e. The van der Waals surface area contributed by atoms with Crippen LogP contribution in [-0.2, 0) is 0 Å². The monoisotopic (exact) mass is 310 g/mol. The minimum atomic E-state index is 0.408. The molecular weight excluding hydrogens is 292 g/mol. The Labute approximate surface area is 117 Å². The molecule has 3 unspecified atom stereocenters. The third-order valence-corrected chi connectivity index (χ3v) is 5.67. The third kappa shape index (κ3) is 2.13. The van der Waals surface area contributed by atoms with Crippen molar-refractivity contribution in [1.29, 1.82) is 0 Å². The van der Waals surface area contributed by atoms with E-state index in [9.17, 15) is 0 Å². The molecular formula is C15H19BrO2. The Morgan fingerprint density at radius 3 is 2.44 bits per heavy atom. The third-order valence-electron chi connectivity index (χ3n) is 4.43. The molecule has 1 aromatic rings. The Morgan fingerprint density at radius 2 is 1.83 bits per heavy atom. The van der Waals surface area contributed by atoms with E-state index in [1.54, 1.807) is 14.2 Å². The maximum absolute atomic E-state index is 5.50. The molecule has 2 aliphatic rings. The number of hydrogen-bond donors (Lipinski definition) is 0. The van der Waals surface area contributed by atoms with Crippen LogP contribution < -0.4 is 9.47 Å². The molecule has 3 atom stereocenters. The molecule has 98 valence electrons. The van der Waals surface area contributed by atoms with E-state index < -0.39 is 0 Å². The van der Waals surface area contributed by atoms with Gasteiger partial charge in [-0.25, -0.2) is 0 Å². The number of halogens is 1. The molecule has 2 nitrogen and oxygen atoms in total. The van der Waals surface area contributed by atoms with Crippen molar-refractivity contribution in [2.45, 2.75) is 24.1 Å². The van der Waals surface area contributed by atoms with Gasteiger partial charge in [-0.1, -0.05) is 22.0 Å². The van der Waals surface area contributed by atoms with Crippen LogP contribution in [0.4, 0.5) is 0 Å². The lowest BCUT2D eigenvalue weighted by molar-refractivity contribution is 0.385. The molecule has 2 fully saturated rings. The zero-order valence-electron chi connectivity index (χ0n) is 10.9. The quantitative estimate of drug-likeness (QED) is 0.776. The molecule has 0 heterocycles.